The largest absolute Gasteiger partial charge is 0.507 e. The molecular weight excluding hydrogens is 244 g/mol. The fourth-order valence-electron chi connectivity index (χ4n) is 2.21. The fraction of sp³-hybridized carbons (Fsp3) is 0.429. The zero-order valence-corrected chi connectivity index (χ0v) is 11.2. The monoisotopic (exact) mass is 260 g/mol. The predicted molar refractivity (Wildman–Crippen MR) is 69.1 cm³/mol. The second-order valence-electron chi connectivity index (χ2n) is 5.59. The third-order valence-corrected chi connectivity index (χ3v) is 3.70. The molecule has 0 aliphatic heterocycles. The third kappa shape index (κ3) is 2.05. The molecule has 0 amide bonds. The van der Waals surface area contributed by atoms with Crippen molar-refractivity contribution in [3.63, 3.8) is 0 Å². The van der Waals surface area contributed by atoms with Crippen molar-refractivity contribution >= 4 is 0 Å². The summed E-state index contributed by atoms with van der Waals surface area (Å²) in [5.74, 6) is 2.08. The average Bonchev–Trinajstić information content (AvgIpc) is 2.81. The Morgan fingerprint density at radius 1 is 1.42 bits per heavy atom. The molecule has 1 heterocycles. The second-order valence-corrected chi connectivity index (χ2v) is 5.59. The number of hydrogen-bond acceptors (Lipinski definition) is 5. The van der Waals surface area contributed by atoms with Gasteiger partial charge in [-0.1, -0.05) is 19.0 Å². The molecule has 1 aliphatic carbocycles. The number of aromatic nitrogens is 2. The molecule has 2 aromatic rings. The quantitative estimate of drug-likeness (QED) is 0.918. The van der Waals surface area contributed by atoms with E-state index in [0.29, 0.717) is 23.1 Å². The van der Waals surface area contributed by atoms with Gasteiger partial charge in [-0.3, -0.25) is 0 Å². The number of phenols is 1. The first-order chi connectivity index (χ1) is 9.01. The highest BCUT2D eigenvalue weighted by Gasteiger charge is 2.49. The van der Waals surface area contributed by atoms with Crippen LogP contribution in [0.5, 0.6) is 11.5 Å². The summed E-state index contributed by atoms with van der Waals surface area (Å²) in [5, 5.41) is 13.9. The Morgan fingerprint density at radius 3 is 2.74 bits per heavy atom. The van der Waals surface area contributed by atoms with Gasteiger partial charge in [-0.25, -0.2) is 0 Å². The smallest absolute Gasteiger partial charge is 0.261 e. The lowest BCUT2D eigenvalue weighted by Crippen LogP contribution is -1.92. The summed E-state index contributed by atoms with van der Waals surface area (Å²) in [7, 11) is 1.55. The van der Waals surface area contributed by atoms with Crippen LogP contribution in [0.4, 0.5) is 0 Å². The lowest BCUT2D eigenvalue weighted by Gasteiger charge is -2.02. The second kappa shape index (κ2) is 3.98. The van der Waals surface area contributed by atoms with E-state index in [0.717, 1.165) is 12.2 Å². The first-order valence-corrected chi connectivity index (χ1v) is 6.22. The molecule has 0 saturated heterocycles. The number of rotatable bonds is 3. The van der Waals surface area contributed by atoms with Crippen LogP contribution in [0.1, 0.15) is 32.0 Å². The molecule has 1 saturated carbocycles. The van der Waals surface area contributed by atoms with Gasteiger partial charge in [0.1, 0.15) is 11.5 Å². The minimum absolute atomic E-state index is 0.0737. The zero-order chi connectivity index (χ0) is 13.6. The molecule has 1 aromatic heterocycles. The van der Waals surface area contributed by atoms with Gasteiger partial charge in [-0.05, 0) is 24.0 Å². The number of ether oxygens (including phenoxy) is 1. The van der Waals surface area contributed by atoms with Crippen LogP contribution in [0.2, 0.25) is 0 Å². The van der Waals surface area contributed by atoms with Crippen LogP contribution >= 0.6 is 0 Å². The minimum atomic E-state index is 0.0737. The zero-order valence-electron chi connectivity index (χ0n) is 11.2. The Hall–Kier alpha value is -2.04. The van der Waals surface area contributed by atoms with E-state index in [1.165, 1.54) is 6.07 Å². The molecule has 0 spiro atoms. The summed E-state index contributed by atoms with van der Waals surface area (Å²) in [6.07, 6.45) is 1.07. The summed E-state index contributed by atoms with van der Waals surface area (Å²) in [6.45, 7) is 4.36. The van der Waals surface area contributed by atoms with Gasteiger partial charge in [-0.15, -0.1) is 0 Å². The summed E-state index contributed by atoms with van der Waals surface area (Å²) < 4.78 is 10.3. The normalized spacial score (nSPS) is 20.3. The molecule has 0 bridgehead atoms. The van der Waals surface area contributed by atoms with Crippen LogP contribution in [-0.2, 0) is 0 Å². The van der Waals surface area contributed by atoms with Crippen molar-refractivity contribution < 1.29 is 14.4 Å². The van der Waals surface area contributed by atoms with E-state index in [1.807, 2.05) is 0 Å². The van der Waals surface area contributed by atoms with E-state index in [2.05, 4.69) is 24.0 Å². The Bertz CT molecular complexity index is 619. The molecule has 1 fully saturated rings. The van der Waals surface area contributed by atoms with E-state index in [9.17, 15) is 5.11 Å². The van der Waals surface area contributed by atoms with Crippen LogP contribution in [0, 0.1) is 5.41 Å². The molecule has 1 aromatic carbocycles. The van der Waals surface area contributed by atoms with E-state index >= 15 is 0 Å². The van der Waals surface area contributed by atoms with Crippen molar-refractivity contribution in [1.82, 2.24) is 10.1 Å². The van der Waals surface area contributed by atoms with E-state index < -0.39 is 0 Å². The van der Waals surface area contributed by atoms with Gasteiger partial charge >= 0.3 is 0 Å². The van der Waals surface area contributed by atoms with Gasteiger partial charge in [0.15, 0.2) is 5.82 Å². The highest BCUT2D eigenvalue weighted by Crippen LogP contribution is 2.57. The minimum Gasteiger partial charge on any atom is -0.507 e. The molecule has 3 rings (SSSR count). The molecule has 1 atom stereocenters. The van der Waals surface area contributed by atoms with Gasteiger partial charge < -0.3 is 14.4 Å². The van der Waals surface area contributed by atoms with E-state index in [1.54, 1.807) is 19.2 Å². The highest BCUT2D eigenvalue weighted by molar-refractivity contribution is 5.63. The van der Waals surface area contributed by atoms with E-state index in [4.69, 9.17) is 9.26 Å². The van der Waals surface area contributed by atoms with Crippen molar-refractivity contribution in [1.29, 1.82) is 0 Å². The van der Waals surface area contributed by atoms with Crippen molar-refractivity contribution in [3.05, 3.63) is 24.0 Å². The van der Waals surface area contributed by atoms with Gasteiger partial charge in [0, 0.05) is 12.0 Å². The highest BCUT2D eigenvalue weighted by atomic mass is 16.5. The molecule has 5 nitrogen and oxygen atoms in total. The first kappa shape index (κ1) is 12.0. The van der Waals surface area contributed by atoms with Crippen LogP contribution < -0.4 is 4.74 Å². The van der Waals surface area contributed by atoms with Crippen LogP contribution in [-0.4, -0.2) is 22.4 Å². The summed E-state index contributed by atoms with van der Waals surface area (Å²) in [4.78, 5) is 4.38. The van der Waals surface area contributed by atoms with Crippen LogP contribution in [0.25, 0.3) is 11.5 Å². The van der Waals surface area contributed by atoms with Gasteiger partial charge in [-0.2, -0.15) is 4.98 Å². The molecule has 1 N–H and O–H groups in total. The number of aromatic hydroxyl groups is 1. The van der Waals surface area contributed by atoms with Crippen LogP contribution in [0.15, 0.2) is 22.7 Å². The Balaban J connectivity index is 1.91. The standard InChI is InChI=1S/C14H16N2O3/c1-14(2)7-10(14)12-15-13(19-16-12)9-5-4-8(18-3)6-11(9)17/h4-6,10,17H,7H2,1-3H3. The molecule has 1 aliphatic rings. The van der Waals surface area contributed by atoms with Crippen molar-refractivity contribution in [2.45, 2.75) is 26.2 Å². The molecular formula is C14H16N2O3. The number of phenolic OH excluding ortho intramolecular Hbond substituents is 1. The Labute approximate surface area is 111 Å². The third-order valence-electron chi connectivity index (χ3n) is 3.70. The number of benzene rings is 1. The van der Waals surface area contributed by atoms with E-state index in [-0.39, 0.29) is 11.2 Å². The Morgan fingerprint density at radius 2 is 2.16 bits per heavy atom. The van der Waals surface area contributed by atoms with Gasteiger partial charge in [0.05, 0.1) is 12.7 Å². The van der Waals surface area contributed by atoms with Crippen LogP contribution in [0.3, 0.4) is 0 Å². The lowest BCUT2D eigenvalue weighted by atomic mass is 10.1. The SMILES string of the molecule is COc1ccc(-c2nc(C3CC3(C)C)no2)c(O)c1. The summed E-state index contributed by atoms with van der Waals surface area (Å²) >= 11 is 0. The Kier molecular flexibility index (Phi) is 2.52. The number of methoxy groups -OCH3 is 1. The maximum Gasteiger partial charge on any atom is 0.261 e. The lowest BCUT2D eigenvalue weighted by molar-refractivity contribution is 0.403. The maximum atomic E-state index is 9.93. The molecule has 19 heavy (non-hydrogen) atoms. The summed E-state index contributed by atoms with van der Waals surface area (Å²) in [5.41, 5.74) is 0.779. The molecule has 0 radical (unpaired) electrons. The first-order valence-electron chi connectivity index (χ1n) is 6.22. The van der Waals surface area contributed by atoms with Gasteiger partial charge in [0.25, 0.3) is 5.89 Å². The van der Waals surface area contributed by atoms with Crippen molar-refractivity contribution in [2.75, 3.05) is 7.11 Å². The number of hydrogen-bond donors (Lipinski definition) is 1. The molecule has 5 heteroatoms. The summed E-state index contributed by atoms with van der Waals surface area (Å²) in [6, 6.07) is 4.99. The fourth-order valence-corrected chi connectivity index (χ4v) is 2.21. The van der Waals surface area contributed by atoms with Crippen molar-refractivity contribution in [3.8, 4) is 23.0 Å². The molecule has 100 valence electrons. The molecule has 1 unspecified atom stereocenters. The number of nitrogens with zero attached hydrogens (tertiary/aromatic N) is 2. The predicted octanol–water partition coefficient (Wildman–Crippen LogP) is 2.96. The maximum absolute atomic E-state index is 9.93. The van der Waals surface area contributed by atoms with Gasteiger partial charge in [0.2, 0.25) is 0 Å². The topological polar surface area (TPSA) is 68.4 Å². The van der Waals surface area contributed by atoms with Crippen molar-refractivity contribution in [2.24, 2.45) is 5.41 Å². The average molecular weight is 260 g/mol.